The van der Waals surface area contributed by atoms with E-state index in [-0.39, 0.29) is 5.91 Å². The van der Waals surface area contributed by atoms with Crippen LogP contribution in [0.2, 0.25) is 0 Å². The summed E-state index contributed by atoms with van der Waals surface area (Å²) in [5, 5.41) is 12.9. The predicted octanol–water partition coefficient (Wildman–Crippen LogP) is 4.11. The van der Waals surface area contributed by atoms with E-state index in [1.807, 2.05) is 0 Å². The fourth-order valence-corrected chi connectivity index (χ4v) is 4.99. The first-order valence-corrected chi connectivity index (χ1v) is 11.1. The van der Waals surface area contributed by atoms with E-state index in [0.717, 1.165) is 36.8 Å². The van der Waals surface area contributed by atoms with Gasteiger partial charge in [0, 0.05) is 18.5 Å². The Bertz CT molecular complexity index is 770. The van der Waals surface area contributed by atoms with Crippen molar-refractivity contribution in [3.8, 4) is 0 Å². The van der Waals surface area contributed by atoms with Crippen molar-refractivity contribution in [1.29, 1.82) is 0 Å². The van der Waals surface area contributed by atoms with Gasteiger partial charge in [-0.1, -0.05) is 61.4 Å². The number of hydrogen-bond acceptors (Lipinski definition) is 4. The summed E-state index contributed by atoms with van der Waals surface area (Å²) in [6.07, 6.45) is 7.14. The molecule has 144 valence electrons. The number of carbonyl (C=O) groups excluding carboxylic acids is 1. The SMILES string of the molecule is CCn1c(SCC(=O)NC2CCCCC2)nnc1C1CC1c1ccccc1. The molecule has 0 spiro atoms. The molecule has 5 nitrogen and oxygen atoms in total. The largest absolute Gasteiger partial charge is 0.353 e. The molecule has 0 bridgehead atoms. The van der Waals surface area contributed by atoms with Crippen LogP contribution < -0.4 is 5.32 Å². The van der Waals surface area contributed by atoms with E-state index in [2.05, 4.69) is 57.3 Å². The van der Waals surface area contributed by atoms with E-state index in [4.69, 9.17) is 0 Å². The molecular weight excluding hydrogens is 356 g/mol. The van der Waals surface area contributed by atoms with Gasteiger partial charge in [-0.3, -0.25) is 4.79 Å². The van der Waals surface area contributed by atoms with E-state index < -0.39 is 0 Å². The average Bonchev–Trinajstić information content (AvgIpc) is 3.40. The quantitative estimate of drug-likeness (QED) is 0.730. The molecule has 1 aromatic carbocycles. The van der Waals surface area contributed by atoms with Crippen LogP contribution in [0.5, 0.6) is 0 Å². The Balaban J connectivity index is 1.35. The maximum absolute atomic E-state index is 12.3. The summed E-state index contributed by atoms with van der Waals surface area (Å²) >= 11 is 1.51. The number of hydrogen-bond donors (Lipinski definition) is 1. The maximum atomic E-state index is 12.3. The molecule has 2 atom stereocenters. The zero-order valence-electron chi connectivity index (χ0n) is 15.9. The highest BCUT2D eigenvalue weighted by Crippen LogP contribution is 2.54. The molecule has 2 aliphatic rings. The summed E-state index contributed by atoms with van der Waals surface area (Å²) in [5.41, 5.74) is 1.38. The van der Waals surface area contributed by atoms with Crippen LogP contribution in [-0.4, -0.2) is 32.5 Å². The van der Waals surface area contributed by atoms with Gasteiger partial charge >= 0.3 is 0 Å². The lowest BCUT2D eigenvalue weighted by Gasteiger charge is -2.22. The Hall–Kier alpha value is -1.82. The molecule has 2 aromatic rings. The van der Waals surface area contributed by atoms with Crippen LogP contribution >= 0.6 is 11.8 Å². The standard InChI is InChI=1S/C21H28N4OS/c1-2-25-20(18-13-17(18)15-9-5-3-6-10-15)23-24-21(25)27-14-19(26)22-16-11-7-4-8-12-16/h3,5-6,9-10,16-18H,2,4,7-8,11-14H2,1H3,(H,22,26). The zero-order valence-corrected chi connectivity index (χ0v) is 16.8. The smallest absolute Gasteiger partial charge is 0.230 e. The van der Waals surface area contributed by atoms with Gasteiger partial charge in [-0.05, 0) is 37.7 Å². The van der Waals surface area contributed by atoms with Crippen LogP contribution in [0, 0.1) is 0 Å². The van der Waals surface area contributed by atoms with Gasteiger partial charge in [0.1, 0.15) is 5.82 Å². The molecule has 1 aromatic heterocycles. The normalized spacial score (nSPS) is 22.6. The van der Waals surface area contributed by atoms with Gasteiger partial charge < -0.3 is 9.88 Å². The lowest BCUT2D eigenvalue weighted by molar-refractivity contribution is -0.119. The van der Waals surface area contributed by atoms with Crippen molar-refractivity contribution >= 4 is 17.7 Å². The lowest BCUT2D eigenvalue weighted by atomic mass is 9.95. The molecule has 2 saturated carbocycles. The molecule has 2 fully saturated rings. The second kappa shape index (κ2) is 8.46. The minimum Gasteiger partial charge on any atom is -0.353 e. The first-order chi connectivity index (χ1) is 13.3. The number of amides is 1. The third-order valence-corrected chi connectivity index (χ3v) is 6.68. The summed E-state index contributed by atoms with van der Waals surface area (Å²) in [6, 6.07) is 11.0. The molecule has 1 heterocycles. The topological polar surface area (TPSA) is 59.8 Å². The number of aromatic nitrogens is 3. The molecule has 6 heteroatoms. The summed E-state index contributed by atoms with van der Waals surface area (Å²) < 4.78 is 2.19. The van der Waals surface area contributed by atoms with Gasteiger partial charge in [0.25, 0.3) is 0 Å². The molecule has 1 N–H and O–H groups in total. The summed E-state index contributed by atoms with van der Waals surface area (Å²) in [4.78, 5) is 12.3. The second-order valence-electron chi connectivity index (χ2n) is 7.64. The molecule has 2 aliphatic carbocycles. The highest BCUT2D eigenvalue weighted by Gasteiger charge is 2.43. The number of carbonyl (C=O) groups is 1. The van der Waals surface area contributed by atoms with E-state index in [9.17, 15) is 4.79 Å². The number of thioether (sulfide) groups is 1. The molecule has 0 aliphatic heterocycles. The van der Waals surface area contributed by atoms with Gasteiger partial charge in [-0.2, -0.15) is 0 Å². The number of nitrogens with one attached hydrogen (secondary N) is 1. The van der Waals surface area contributed by atoms with Crippen LogP contribution in [0.3, 0.4) is 0 Å². The first-order valence-electron chi connectivity index (χ1n) is 10.2. The van der Waals surface area contributed by atoms with Gasteiger partial charge in [0.15, 0.2) is 5.16 Å². The molecule has 1 amide bonds. The Morgan fingerprint density at radius 3 is 2.67 bits per heavy atom. The maximum Gasteiger partial charge on any atom is 0.230 e. The molecule has 27 heavy (non-hydrogen) atoms. The molecule has 2 unspecified atom stereocenters. The fourth-order valence-electron chi connectivity index (χ4n) is 4.17. The zero-order chi connectivity index (χ0) is 18.6. The van der Waals surface area contributed by atoms with Crippen molar-refractivity contribution in [3.63, 3.8) is 0 Å². The van der Waals surface area contributed by atoms with Crippen LogP contribution in [0.25, 0.3) is 0 Å². The van der Waals surface area contributed by atoms with E-state index in [1.165, 1.54) is 36.6 Å². The van der Waals surface area contributed by atoms with Gasteiger partial charge in [-0.15, -0.1) is 10.2 Å². The number of benzene rings is 1. The van der Waals surface area contributed by atoms with Gasteiger partial charge in [0.05, 0.1) is 5.75 Å². The third kappa shape index (κ3) is 4.37. The number of rotatable bonds is 7. The summed E-state index contributed by atoms with van der Waals surface area (Å²) in [5.74, 6) is 2.61. The Morgan fingerprint density at radius 1 is 1.15 bits per heavy atom. The number of nitrogens with zero attached hydrogens (tertiary/aromatic N) is 3. The summed E-state index contributed by atoms with van der Waals surface area (Å²) in [6.45, 7) is 2.96. The monoisotopic (exact) mass is 384 g/mol. The highest BCUT2D eigenvalue weighted by molar-refractivity contribution is 7.99. The van der Waals surface area contributed by atoms with Crippen molar-refractivity contribution in [1.82, 2.24) is 20.1 Å². The predicted molar refractivity (Wildman–Crippen MR) is 108 cm³/mol. The van der Waals surface area contributed by atoms with Crippen LogP contribution in [0.4, 0.5) is 0 Å². The highest BCUT2D eigenvalue weighted by atomic mass is 32.2. The van der Waals surface area contributed by atoms with Crippen molar-refractivity contribution in [3.05, 3.63) is 41.7 Å². The summed E-state index contributed by atoms with van der Waals surface area (Å²) in [7, 11) is 0. The Labute approximate surface area is 165 Å². The minimum absolute atomic E-state index is 0.118. The van der Waals surface area contributed by atoms with Crippen LogP contribution in [-0.2, 0) is 11.3 Å². The Morgan fingerprint density at radius 2 is 1.93 bits per heavy atom. The van der Waals surface area contributed by atoms with Gasteiger partial charge in [-0.25, -0.2) is 0 Å². The average molecular weight is 385 g/mol. The molecule has 0 radical (unpaired) electrons. The third-order valence-electron chi connectivity index (χ3n) is 5.71. The van der Waals surface area contributed by atoms with Crippen molar-refractivity contribution in [2.45, 2.75) is 75.0 Å². The van der Waals surface area contributed by atoms with E-state index in [0.29, 0.717) is 23.6 Å². The molecule has 4 rings (SSSR count). The lowest BCUT2D eigenvalue weighted by Crippen LogP contribution is -2.37. The van der Waals surface area contributed by atoms with Gasteiger partial charge in [0.2, 0.25) is 5.91 Å². The fraction of sp³-hybridized carbons (Fsp3) is 0.571. The van der Waals surface area contributed by atoms with E-state index in [1.54, 1.807) is 0 Å². The second-order valence-corrected chi connectivity index (χ2v) is 8.58. The van der Waals surface area contributed by atoms with Crippen LogP contribution in [0.15, 0.2) is 35.5 Å². The molecular formula is C21H28N4OS. The van der Waals surface area contributed by atoms with Crippen molar-refractivity contribution in [2.75, 3.05) is 5.75 Å². The van der Waals surface area contributed by atoms with Crippen molar-refractivity contribution in [2.24, 2.45) is 0 Å². The van der Waals surface area contributed by atoms with Crippen LogP contribution in [0.1, 0.15) is 68.7 Å². The van der Waals surface area contributed by atoms with Crippen molar-refractivity contribution < 1.29 is 4.79 Å². The molecule has 0 saturated heterocycles. The minimum atomic E-state index is 0.118. The van der Waals surface area contributed by atoms with E-state index >= 15 is 0 Å². The Kier molecular flexibility index (Phi) is 5.81. The first kappa shape index (κ1) is 18.5.